The number of methoxy groups -OCH3 is 1. The Bertz CT molecular complexity index is 1070. The van der Waals surface area contributed by atoms with E-state index >= 15 is 0 Å². The van der Waals surface area contributed by atoms with Crippen molar-refractivity contribution in [3.8, 4) is 11.5 Å². The molecule has 180 valence electrons. The summed E-state index contributed by atoms with van der Waals surface area (Å²) in [6.45, 7) is 10.7. The maximum Gasteiger partial charge on any atom is 0.345 e. The lowest BCUT2D eigenvalue weighted by Crippen LogP contribution is -2.67. The molecule has 0 amide bonds. The number of benzene rings is 3. The van der Waals surface area contributed by atoms with Crippen LogP contribution in [0, 0.1) is 6.92 Å². The number of carbonyl (C=O) groups is 1. The van der Waals surface area contributed by atoms with Crippen LogP contribution in [0.5, 0.6) is 11.5 Å². The average molecular weight is 479 g/mol. The van der Waals surface area contributed by atoms with Gasteiger partial charge in [-0.05, 0) is 47.0 Å². The molecule has 5 nitrogen and oxygen atoms in total. The maximum absolute atomic E-state index is 12.3. The fraction of sp³-hybridized carbons (Fsp3) is 0.321. The molecule has 1 N–H and O–H groups in total. The second-order valence-corrected chi connectivity index (χ2v) is 13.9. The summed E-state index contributed by atoms with van der Waals surface area (Å²) in [6.07, 6.45) is -0.383. The summed E-state index contributed by atoms with van der Waals surface area (Å²) < 4.78 is 17.9. The predicted octanol–water partition coefficient (Wildman–Crippen LogP) is 4.83. The van der Waals surface area contributed by atoms with Crippen molar-refractivity contribution in [3.05, 3.63) is 83.9 Å². The zero-order chi connectivity index (χ0) is 24.9. The van der Waals surface area contributed by atoms with Gasteiger partial charge < -0.3 is 19.0 Å². The minimum atomic E-state index is -2.71. The van der Waals surface area contributed by atoms with Crippen LogP contribution in [0.1, 0.15) is 43.6 Å². The van der Waals surface area contributed by atoms with Gasteiger partial charge in [-0.2, -0.15) is 0 Å². The van der Waals surface area contributed by atoms with Crippen molar-refractivity contribution in [3.63, 3.8) is 0 Å². The second kappa shape index (κ2) is 10.4. The van der Waals surface area contributed by atoms with Crippen LogP contribution in [0.4, 0.5) is 0 Å². The molecule has 3 aromatic carbocycles. The molecule has 3 aromatic rings. The highest BCUT2D eigenvalue weighted by Gasteiger charge is 2.50. The zero-order valence-corrected chi connectivity index (χ0v) is 21.8. The summed E-state index contributed by atoms with van der Waals surface area (Å²) in [5.41, 5.74) is 0.797. The van der Waals surface area contributed by atoms with Crippen LogP contribution in [0.2, 0.25) is 5.04 Å². The van der Waals surface area contributed by atoms with E-state index < -0.39 is 14.3 Å². The molecular weight excluding hydrogens is 444 g/mol. The first-order chi connectivity index (χ1) is 16.1. The summed E-state index contributed by atoms with van der Waals surface area (Å²) in [6, 6.07) is 24.0. The first kappa shape index (κ1) is 25.5. The quantitative estimate of drug-likeness (QED) is 0.371. The third-order valence-corrected chi connectivity index (χ3v) is 10.9. The van der Waals surface area contributed by atoms with Gasteiger partial charge in [0.2, 0.25) is 0 Å². The van der Waals surface area contributed by atoms with Crippen molar-refractivity contribution in [2.75, 3.05) is 13.7 Å². The number of carbonyl (C=O) groups excluding carboxylic acids is 1. The lowest BCUT2D eigenvalue weighted by Gasteiger charge is -2.43. The standard InChI is InChI=1S/C28H34O5Si/c1-20-17-24(29)26(27(30)31-6)25(18-20)33-21(2)19-32-34(28(3,4)5,22-13-9-7-10-14-22)23-15-11-8-12-16-23/h7-18,21,29H,19H2,1-6H3/t21-/m1/s1. The fourth-order valence-corrected chi connectivity index (χ4v) is 9.03. The van der Waals surface area contributed by atoms with E-state index in [2.05, 4.69) is 45.0 Å². The molecule has 0 bridgehead atoms. The molecule has 6 heteroatoms. The van der Waals surface area contributed by atoms with Crippen LogP contribution in [0.25, 0.3) is 0 Å². The van der Waals surface area contributed by atoms with Crippen LogP contribution >= 0.6 is 0 Å². The van der Waals surface area contributed by atoms with Crippen LogP contribution in [-0.2, 0) is 9.16 Å². The van der Waals surface area contributed by atoms with Gasteiger partial charge in [0.1, 0.15) is 23.2 Å². The van der Waals surface area contributed by atoms with Gasteiger partial charge in [0.05, 0.1) is 13.7 Å². The van der Waals surface area contributed by atoms with Gasteiger partial charge in [0.25, 0.3) is 8.32 Å². The Kier molecular flexibility index (Phi) is 7.84. The predicted molar refractivity (Wildman–Crippen MR) is 138 cm³/mol. The first-order valence-electron chi connectivity index (χ1n) is 11.4. The summed E-state index contributed by atoms with van der Waals surface area (Å²) in [5, 5.41) is 12.6. The number of rotatable bonds is 8. The van der Waals surface area contributed by atoms with E-state index in [9.17, 15) is 9.90 Å². The third-order valence-electron chi connectivity index (χ3n) is 5.89. The van der Waals surface area contributed by atoms with Gasteiger partial charge in [-0.3, -0.25) is 0 Å². The summed E-state index contributed by atoms with van der Waals surface area (Å²) in [7, 11) is -1.44. The summed E-state index contributed by atoms with van der Waals surface area (Å²) in [4.78, 5) is 12.3. The number of hydrogen-bond acceptors (Lipinski definition) is 5. The molecule has 0 aliphatic heterocycles. The largest absolute Gasteiger partial charge is 0.507 e. The Balaban J connectivity index is 1.97. The first-order valence-corrected chi connectivity index (χ1v) is 13.3. The number of hydrogen-bond donors (Lipinski definition) is 1. The van der Waals surface area contributed by atoms with E-state index in [1.807, 2.05) is 50.2 Å². The van der Waals surface area contributed by atoms with Crippen molar-refractivity contribution in [1.29, 1.82) is 0 Å². The molecule has 0 unspecified atom stereocenters. The number of phenols is 1. The lowest BCUT2D eigenvalue weighted by atomic mass is 10.1. The van der Waals surface area contributed by atoms with Gasteiger partial charge >= 0.3 is 5.97 Å². The normalized spacial score (nSPS) is 12.8. The fourth-order valence-electron chi connectivity index (χ4n) is 4.39. The third kappa shape index (κ3) is 5.18. The molecule has 0 saturated carbocycles. The highest BCUT2D eigenvalue weighted by atomic mass is 28.4. The number of aromatic hydroxyl groups is 1. The van der Waals surface area contributed by atoms with Gasteiger partial charge in [0, 0.05) is 0 Å². The molecule has 34 heavy (non-hydrogen) atoms. The number of phenolic OH excluding ortho intramolecular Hbond substituents is 1. The number of esters is 1. The van der Waals surface area contributed by atoms with Crippen molar-refractivity contribution in [2.45, 2.75) is 45.8 Å². The van der Waals surface area contributed by atoms with E-state index in [0.717, 1.165) is 5.56 Å². The van der Waals surface area contributed by atoms with Crippen LogP contribution < -0.4 is 15.1 Å². The van der Waals surface area contributed by atoms with Gasteiger partial charge in [-0.25, -0.2) is 4.79 Å². The molecule has 0 spiro atoms. The molecule has 1 atom stereocenters. The van der Waals surface area contributed by atoms with E-state index in [4.69, 9.17) is 13.9 Å². The Labute approximate surface area is 203 Å². The maximum atomic E-state index is 12.3. The highest BCUT2D eigenvalue weighted by Crippen LogP contribution is 2.37. The number of aryl methyl sites for hydroxylation is 1. The molecule has 0 fully saturated rings. The minimum absolute atomic E-state index is 0.0189. The second-order valence-electron chi connectivity index (χ2n) is 9.55. The van der Waals surface area contributed by atoms with Gasteiger partial charge in [-0.15, -0.1) is 0 Å². The summed E-state index contributed by atoms with van der Waals surface area (Å²) in [5.74, 6) is -0.530. The Hall–Kier alpha value is -3.09. The Morgan fingerprint density at radius 3 is 1.97 bits per heavy atom. The van der Waals surface area contributed by atoms with Crippen LogP contribution in [-0.4, -0.2) is 39.2 Å². The SMILES string of the molecule is COC(=O)c1c(O)cc(C)cc1O[C@H](C)CO[Si](c1ccccc1)(c1ccccc1)C(C)(C)C. The lowest BCUT2D eigenvalue weighted by molar-refractivity contribution is 0.0586. The van der Waals surface area contributed by atoms with Crippen molar-refractivity contribution >= 4 is 24.7 Å². The topological polar surface area (TPSA) is 65.0 Å². The van der Waals surface area contributed by atoms with E-state index in [1.54, 1.807) is 6.07 Å². The molecule has 3 rings (SSSR count). The molecule has 0 aliphatic carbocycles. The van der Waals surface area contributed by atoms with Gasteiger partial charge in [-0.1, -0.05) is 81.4 Å². The molecular formula is C28H34O5Si. The van der Waals surface area contributed by atoms with Crippen LogP contribution in [0.15, 0.2) is 72.8 Å². The zero-order valence-electron chi connectivity index (χ0n) is 20.8. The Morgan fingerprint density at radius 1 is 0.971 bits per heavy atom. The van der Waals surface area contributed by atoms with E-state index in [1.165, 1.54) is 23.5 Å². The van der Waals surface area contributed by atoms with Crippen molar-refractivity contribution < 1.29 is 23.8 Å². The van der Waals surface area contributed by atoms with Gasteiger partial charge in [0.15, 0.2) is 0 Å². The molecule has 0 aromatic heterocycles. The minimum Gasteiger partial charge on any atom is -0.507 e. The smallest absolute Gasteiger partial charge is 0.345 e. The van der Waals surface area contributed by atoms with Crippen LogP contribution in [0.3, 0.4) is 0 Å². The molecule has 0 aliphatic rings. The monoisotopic (exact) mass is 478 g/mol. The average Bonchev–Trinajstić information content (AvgIpc) is 2.79. The van der Waals surface area contributed by atoms with Crippen molar-refractivity contribution in [1.82, 2.24) is 0 Å². The molecule has 0 saturated heterocycles. The Morgan fingerprint density at radius 2 is 1.50 bits per heavy atom. The molecule has 0 heterocycles. The van der Waals surface area contributed by atoms with E-state index in [-0.39, 0.29) is 28.2 Å². The highest BCUT2D eigenvalue weighted by molar-refractivity contribution is 6.99. The molecule has 0 radical (unpaired) electrons. The van der Waals surface area contributed by atoms with E-state index in [0.29, 0.717) is 6.61 Å². The number of ether oxygens (including phenoxy) is 2. The summed E-state index contributed by atoms with van der Waals surface area (Å²) >= 11 is 0. The van der Waals surface area contributed by atoms with Crippen molar-refractivity contribution in [2.24, 2.45) is 0 Å².